The first-order chi connectivity index (χ1) is 12.8. The standard InChI is InChI=1S/C22H27NO2S/c1-16-19-10-3-2-7-18(19)15-20(16)23-12-6-14-25-26-21-11-4-8-17-9-5-13-24-22(17)21/h2-4,7-8,10-11,16,20,23H,5-6,9,12-15H2,1H3. The predicted octanol–water partition coefficient (Wildman–Crippen LogP) is 4.74. The average molecular weight is 370 g/mol. The Labute approximate surface area is 160 Å². The summed E-state index contributed by atoms with van der Waals surface area (Å²) in [6.07, 6.45) is 4.37. The highest BCUT2D eigenvalue weighted by atomic mass is 32.2. The van der Waals surface area contributed by atoms with Crippen molar-refractivity contribution >= 4 is 12.0 Å². The Bertz CT molecular complexity index is 749. The van der Waals surface area contributed by atoms with E-state index in [0.29, 0.717) is 12.0 Å². The Balaban J connectivity index is 1.18. The first-order valence-electron chi connectivity index (χ1n) is 9.68. The SMILES string of the molecule is CC1c2ccccc2CC1NCCCOSc1cccc2c1OCCC2. The molecule has 2 aliphatic rings. The van der Waals surface area contributed by atoms with Gasteiger partial charge in [0.2, 0.25) is 0 Å². The van der Waals surface area contributed by atoms with Gasteiger partial charge < -0.3 is 14.2 Å². The first-order valence-corrected chi connectivity index (χ1v) is 10.4. The van der Waals surface area contributed by atoms with Gasteiger partial charge in [-0.15, -0.1) is 0 Å². The minimum Gasteiger partial charge on any atom is -0.492 e. The molecule has 26 heavy (non-hydrogen) atoms. The molecular formula is C22H27NO2S. The quantitative estimate of drug-likeness (QED) is 0.564. The van der Waals surface area contributed by atoms with E-state index in [1.54, 1.807) is 0 Å². The third-order valence-corrected chi connectivity index (χ3v) is 6.23. The van der Waals surface area contributed by atoms with Crippen LogP contribution in [0.4, 0.5) is 0 Å². The monoisotopic (exact) mass is 369 g/mol. The van der Waals surface area contributed by atoms with Gasteiger partial charge in [0.25, 0.3) is 0 Å². The molecule has 2 atom stereocenters. The summed E-state index contributed by atoms with van der Waals surface area (Å²) in [4.78, 5) is 1.11. The van der Waals surface area contributed by atoms with Gasteiger partial charge in [0, 0.05) is 18.1 Å². The van der Waals surface area contributed by atoms with E-state index in [1.807, 2.05) is 0 Å². The van der Waals surface area contributed by atoms with Crippen molar-refractivity contribution in [3.63, 3.8) is 0 Å². The molecule has 0 fully saturated rings. The molecular weight excluding hydrogens is 342 g/mol. The second kappa shape index (κ2) is 8.47. The van der Waals surface area contributed by atoms with E-state index >= 15 is 0 Å². The number of hydrogen-bond donors (Lipinski definition) is 1. The van der Waals surface area contributed by atoms with Gasteiger partial charge in [0.15, 0.2) is 0 Å². The van der Waals surface area contributed by atoms with E-state index in [4.69, 9.17) is 8.92 Å². The summed E-state index contributed by atoms with van der Waals surface area (Å²) in [5.41, 5.74) is 4.31. The molecule has 3 nitrogen and oxygen atoms in total. The van der Waals surface area contributed by atoms with E-state index in [2.05, 4.69) is 54.7 Å². The number of rotatable bonds is 7. The molecule has 2 aromatic carbocycles. The lowest BCUT2D eigenvalue weighted by Crippen LogP contribution is -2.32. The van der Waals surface area contributed by atoms with Gasteiger partial charge in [-0.3, -0.25) is 0 Å². The van der Waals surface area contributed by atoms with Crippen molar-refractivity contribution in [2.75, 3.05) is 19.8 Å². The highest BCUT2D eigenvalue weighted by Crippen LogP contribution is 2.36. The topological polar surface area (TPSA) is 30.5 Å². The third kappa shape index (κ3) is 3.93. The van der Waals surface area contributed by atoms with Gasteiger partial charge in [0.05, 0.1) is 18.1 Å². The van der Waals surface area contributed by atoms with Crippen LogP contribution in [0.15, 0.2) is 47.4 Å². The number of nitrogens with one attached hydrogen (secondary N) is 1. The molecule has 0 bridgehead atoms. The smallest absolute Gasteiger partial charge is 0.138 e. The van der Waals surface area contributed by atoms with Crippen molar-refractivity contribution < 1.29 is 8.92 Å². The van der Waals surface area contributed by atoms with Crippen molar-refractivity contribution in [1.29, 1.82) is 0 Å². The largest absolute Gasteiger partial charge is 0.492 e. The van der Waals surface area contributed by atoms with Crippen LogP contribution in [-0.4, -0.2) is 25.8 Å². The molecule has 1 aliphatic heterocycles. The molecule has 0 spiro atoms. The van der Waals surface area contributed by atoms with Gasteiger partial charge >= 0.3 is 0 Å². The Kier molecular flexibility index (Phi) is 5.83. The summed E-state index contributed by atoms with van der Waals surface area (Å²) in [6, 6.07) is 15.7. The van der Waals surface area contributed by atoms with Crippen LogP contribution in [0.2, 0.25) is 0 Å². The van der Waals surface area contributed by atoms with Gasteiger partial charge in [-0.1, -0.05) is 43.3 Å². The minimum atomic E-state index is 0.551. The van der Waals surface area contributed by atoms with Crippen LogP contribution in [0.1, 0.15) is 42.4 Å². The van der Waals surface area contributed by atoms with E-state index in [0.717, 1.165) is 56.1 Å². The van der Waals surface area contributed by atoms with Crippen LogP contribution < -0.4 is 10.1 Å². The summed E-state index contributed by atoms with van der Waals surface area (Å²) in [5.74, 6) is 1.62. The fourth-order valence-corrected chi connectivity index (χ4v) is 4.72. The van der Waals surface area contributed by atoms with Crippen LogP contribution in [0, 0.1) is 0 Å². The normalized spacial score (nSPS) is 21.1. The maximum absolute atomic E-state index is 5.84. The zero-order valence-electron chi connectivity index (χ0n) is 15.4. The van der Waals surface area contributed by atoms with Crippen LogP contribution in [0.5, 0.6) is 5.75 Å². The molecule has 2 unspecified atom stereocenters. The second-order valence-electron chi connectivity index (χ2n) is 7.21. The highest BCUT2D eigenvalue weighted by molar-refractivity contribution is 7.94. The fourth-order valence-electron chi connectivity index (χ4n) is 3.99. The fraction of sp³-hybridized carbons (Fsp3) is 0.455. The van der Waals surface area contributed by atoms with Crippen LogP contribution in [0.3, 0.4) is 0 Å². The van der Waals surface area contributed by atoms with Crippen LogP contribution in [0.25, 0.3) is 0 Å². The molecule has 4 rings (SSSR count). The zero-order valence-corrected chi connectivity index (χ0v) is 16.2. The first kappa shape index (κ1) is 17.9. The number of hydrogen-bond acceptors (Lipinski definition) is 4. The molecule has 1 heterocycles. The van der Waals surface area contributed by atoms with E-state index in [9.17, 15) is 0 Å². The van der Waals surface area contributed by atoms with Crippen molar-refractivity contribution in [1.82, 2.24) is 5.32 Å². The van der Waals surface area contributed by atoms with Crippen molar-refractivity contribution in [2.45, 2.75) is 49.5 Å². The van der Waals surface area contributed by atoms with Gasteiger partial charge in [-0.2, -0.15) is 0 Å². The van der Waals surface area contributed by atoms with E-state index in [-0.39, 0.29) is 0 Å². The maximum Gasteiger partial charge on any atom is 0.138 e. The van der Waals surface area contributed by atoms with Crippen molar-refractivity contribution in [3.8, 4) is 5.75 Å². The van der Waals surface area contributed by atoms with Crippen LogP contribution in [-0.2, 0) is 17.0 Å². The maximum atomic E-state index is 5.84. The zero-order chi connectivity index (χ0) is 17.8. The number of benzene rings is 2. The van der Waals surface area contributed by atoms with Crippen molar-refractivity contribution in [2.24, 2.45) is 0 Å². The Morgan fingerprint density at radius 3 is 2.96 bits per heavy atom. The average Bonchev–Trinajstić information content (AvgIpc) is 3.01. The molecule has 1 aliphatic carbocycles. The number of aryl methyl sites for hydroxylation is 1. The summed E-state index contributed by atoms with van der Waals surface area (Å²) in [5, 5.41) is 3.71. The Morgan fingerprint density at radius 2 is 2.04 bits per heavy atom. The molecule has 0 saturated heterocycles. The Hall–Kier alpha value is -1.49. The highest BCUT2D eigenvalue weighted by Gasteiger charge is 2.27. The molecule has 2 aromatic rings. The van der Waals surface area contributed by atoms with Gasteiger partial charge in [0.1, 0.15) is 5.75 Å². The molecule has 0 saturated carbocycles. The van der Waals surface area contributed by atoms with Gasteiger partial charge in [-0.25, -0.2) is 0 Å². The number of fused-ring (bicyclic) bond motifs is 2. The third-order valence-electron chi connectivity index (χ3n) is 5.45. The lowest BCUT2D eigenvalue weighted by atomic mass is 10.0. The van der Waals surface area contributed by atoms with Crippen molar-refractivity contribution in [3.05, 3.63) is 59.2 Å². The lowest BCUT2D eigenvalue weighted by molar-refractivity contribution is 0.279. The molecule has 1 N–H and O–H groups in total. The molecule has 0 radical (unpaired) electrons. The summed E-state index contributed by atoms with van der Waals surface area (Å²) in [6.45, 7) is 4.88. The molecule has 138 valence electrons. The summed E-state index contributed by atoms with van der Waals surface area (Å²) < 4.78 is 11.7. The summed E-state index contributed by atoms with van der Waals surface area (Å²) in [7, 11) is 0. The molecule has 4 heteroatoms. The Morgan fingerprint density at radius 1 is 1.15 bits per heavy atom. The number of para-hydroxylation sites is 1. The lowest BCUT2D eigenvalue weighted by Gasteiger charge is -2.19. The predicted molar refractivity (Wildman–Crippen MR) is 107 cm³/mol. The van der Waals surface area contributed by atoms with E-state index < -0.39 is 0 Å². The molecule has 0 amide bonds. The molecule has 0 aromatic heterocycles. The summed E-state index contributed by atoms with van der Waals surface area (Å²) >= 11 is 1.46. The van der Waals surface area contributed by atoms with Gasteiger partial charge in [-0.05, 0) is 60.9 Å². The van der Waals surface area contributed by atoms with Crippen LogP contribution >= 0.6 is 12.0 Å². The number of ether oxygens (including phenoxy) is 1. The second-order valence-corrected chi connectivity index (χ2v) is 8.05. The minimum absolute atomic E-state index is 0.551. The van der Waals surface area contributed by atoms with E-state index in [1.165, 1.54) is 28.7 Å².